The third-order valence-electron chi connectivity index (χ3n) is 2.38. The molecule has 1 aromatic heterocycles. The summed E-state index contributed by atoms with van der Waals surface area (Å²) < 4.78 is 6.66. The van der Waals surface area contributed by atoms with E-state index >= 15 is 0 Å². The minimum atomic E-state index is -0.0328. The van der Waals surface area contributed by atoms with Crippen LogP contribution in [-0.2, 0) is 0 Å². The summed E-state index contributed by atoms with van der Waals surface area (Å²) in [6.45, 7) is 1.51. The molecule has 2 N–H and O–H groups in total. The molecule has 4 heteroatoms. The Bertz CT molecular complexity index is 529. The normalized spacial score (nSPS) is 10.5. The number of anilines is 1. The minimum absolute atomic E-state index is 0.0328. The Kier molecular flexibility index (Phi) is 2.11. The van der Waals surface area contributed by atoms with Crippen molar-refractivity contribution < 1.29 is 9.53 Å². The summed E-state index contributed by atoms with van der Waals surface area (Å²) in [6, 6.07) is 5.43. The van der Waals surface area contributed by atoms with Crippen LogP contribution in [0, 0.1) is 0 Å². The highest BCUT2D eigenvalue weighted by atomic mass is 16.5. The van der Waals surface area contributed by atoms with E-state index in [-0.39, 0.29) is 5.91 Å². The number of hydrogen-bond donors (Lipinski definition) is 1. The summed E-state index contributed by atoms with van der Waals surface area (Å²) in [7, 11) is 1.57. The van der Waals surface area contributed by atoms with Crippen molar-refractivity contribution >= 4 is 22.5 Å². The lowest BCUT2D eigenvalue weighted by Crippen LogP contribution is -2.03. The number of carbonyl (C=O) groups excluding carboxylic acids is 1. The van der Waals surface area contributed by atoms with E-state index in [2.05, 4.69) is 0 Å². The molecule has 0 aliphatic carbocycles. The fraction of sp³-hybridized carbons (Fsp3) is 0.182. The van der Waals surface area contributed by atoms with E-state index in [1.807, 2.05) is 12.1 Å². The van der Waals surface area contributed by atoms with Crippen LogP contribution in [-0.4, -0.2) is 17.6 Å². The lowest BCUT2D eigenvalue weighted by Gasteiger charge is -2.05. The molecule has 0 spiro atoms. The average Bonchev–Trinajstić information content (AvgIpc) is 2.59. The summed E-state index contributed by atoms with van der Waals surface area (Å²) in [6.07, 6.45) is 1.73. The summed E-state index contributed by atoms with van der Waals surface area (Å²) in [4.78, 5) is 11.3. The summed E-state index contributed by atoms with van der Waals surface area (Å²) in [5.41, 5.74) is 7.12. The van der Waals surface area contributed by atoms with Gasteiger partial charge in [0.1, 0.15) is 5.75 Å². The molecule has 0 amide bonds. The Hall–Kier alpha value is -1.97. The first-order valence-electron chi connectivity index (χ1n) is 4.59. The van der Waals surface area contributed by atoms with Crippen LogP contribution >= 0.6 is 0 Å². The monoisotopic (exact) mass is 204 g/mol. The summed E-state index contributed by atoms with van der Waals surface area (Å²) in [5.74, 6) is 0.596. The number of ether oxygens (including phenoxy) is 1. The van der Waals surface area contributed by atoms with Crippen LogP contribution in [0.4, 0.5) is 5.69 Å². The van der Waals surface area contributed by atoms with E-state index in [4.69, 9.17) is 10.5 Å². The zero-order valence-corrected chi connectivity index (χ0v) is 8.65. The number of nitrogens with zero attached hydrogens (tertiary/aromatic N) is 1. The van der Waals surface area contributed by atoms with Crippen LogP contribution in [0.25, 0.3) is 10.9 Å². The van der Waals surface area contributed by atoms with E-state index in [9.17, 15) is 4.79 Å². The number of aromatic nitrogens is 1. The average molecular weight is 204 g/mol. The van der Waals surface area contributed by atoms with E-state index < -0.39 is 0 Å². The van der Waals surface area contributed by atoms with Gasteiger partial charge in [-0.05, 0) is 18.2 Å². The second-order valence-electron chi connectivity index (χ2n) is 3.36. The Labute approximate surface area is 87.2 Å². The number of hydrogen-bond acceptors (Lipinski definition) is 3. The maximum Gasteiger partial charge on any atom is 0.227 e. The molecule has 1 aromatic carbocycles. The van der Waals surface area contributed by atoms with Gasteiger partial charge in [0, 0.05) is 18.5 Å². The zero-order valence-electron chi connectivity index (χ0n) is 8.65. The van der Waals surface area contributed by atoms with Gasteiger partial charge in [-0.1, -0.05) is 0 Å². The van der Waals surface area contributed by atoms with Crippen LogP contribution in [0.5, 0.6) is 5.75 Å². The highest BCUT2D eigenvalue weighted by Crippen LogP contribution is 2.28. The highest BCUT2D eigenvalue weighted by molar-refractivity contribution is 5.94. The van der Waals surface area contributed by atoms with Crippen LogP contribution in [0.15, 0.2) is 24.4 Å². The van der Waals surface area contributed by atoms with Crippen molar-refractivity contribution in [3.05, 3.63) is 24.4 Å². The standard InChI is InChI=1S/C11H12N2O2/c1-7(14)13-4-3-8-5-11(15-2)9(12)6-10(8)13/h3-6H,12H2,1-2H3. The molecule has 0 aliphatic rings. The molecule has 15 heavy (non-hydrogen) atoms. The number of methoxy groups -OCH3 is 1. The Balaban J connectivity index is 2.73. The molecular weight excluding hydrogens is 192 g/mol. The predicted octanol–water partition coefficient (Wildman–Crippen LogP) is 1.89. The highest BCUT2D eigenvalue weighted by Gasteiger charge is 2.08. The maximum atomic E-state index is 11.3. The van der Waals surface area contributed by atoms with E-state index in [1.165, 1.54) is 6.92 Å². The molecule has 2 rings (SSSR count). The number of nitrogens with two attached hydrogens (primary N) is 1. The molecule has 0 aliphatic heterocycles. The molecule has 1 heterocycles. The van der Waals surface area contributed by atoms with Crippen LogP contribution < -0.4 is 10.5 Å². The number of rotatable bonds is 1. The van der Waals surface area contributed by atoms with E-state index in [1.54, 1.807) is 23.9 Å². The molecular formula is C11H12N2O2. The smallest absolute Gasteiger partial charge is 0.227 e. The molecule has 0 bridgehead atoms. The van der Waals surface area contributed by atoms with Gasteiger partial charge in [-0.15, -0.1) is 0 Å². The third kappa shape index (κ3) is 1.44. The first-order valence-corrected chi connectivity index (χ1v) is 4.59. The SMILES string of the molecule is COc1cc2ccn(C(C)=O)c2cc1N. The predicted molar refractivity (Wildman–Crippen MR) is 59.2 cm³/mol. The van der Waals surface area contributed by atoms with Crippen molar-refractivity contribution in [1.82, 2.24) is 4.57 Å². The topological polar surface area (TPSA) is 57.2 Å². The molecule has 0 radical (unpaired) electrons. The largest absolute Gasteiger partial charge is 0.495 e. The third-order valence-corrected chi connectivity index (χ3v) is 2.38. The van der Waals surface area contributed by atoms with Gasteiger partial charge in [-0.2, -0.15) is 0 Å². The first kappa shape index (κ1) is 9.58. The van der Waals surface area contributed by atoms with E-state index in [0.717, 1.165) is 10.9 Å². The molecule has 0 atom stereocenters. The zero-order chi connectivity index (χ0) is 11.0. The van der Waals surface area contributed by atoms with Crippen molar-refractivity contribution in [2.75, 3.05) is 12.8 Å². The molecule has 0 fully saturated rings. The van der Waals surface area contributed by atoms with Crippen molar-refractivity contribution in [1.29, 1.82) is 0 Å². The van der Waals surface area contributed by atoms with Gasteiger partial charge >= 0.3 is 0 Å². The lowest BCUT2D eigenvalue weighted by molar-refractivity contribution is 0.0941. The number of benzene rings is 1. The summed E-state index contributed by atoms with van der Waals surface area (Å²) >= 11 is 0. The second kappa shape index (κ2) is 3.31. The van der Waals surface area contributed by atoms with Crippen LogP contribution in [0.2, 0.25) is 0 Å². The summed E-state index contributed by atoms with van der Waals surface area (Å²) in [5, 5.41) is 0.941. The van der Waals surface area contributed by atoms with Crippen molar-refractivity contribution in [3.8, 4) is 5.75 Å². The number of nitrogen functional groups attached to an aromatic ring is 1. The maximum absolute atomic E-state index is 11.3. The van der Waals surface area contributed by atoms with Crippen molar-refractivity contribution in [2.24, 2.45) is 0 Å². The van der Waals surface area contributed by atoms with Gasteiger partial charge in [-0.3, -0.25) is 9.36 Å². The van der Waals surface area contributed by atoms with Crippen LogP contribution in [0.1, 0.15) is 11.7 Å². The Morgan fingerprint density at radius 3 is 2.80 bits per heavy atom. The minimum Gasteiger partial charge on any atom is -0.495 e. The molecule has 0 unspecified atom stereocenters. The van der Waals surface area contributed by atoms with E-state index in [0.29, 0.717) is 11.4 Å². The van der Waals surface area contributed by atoms with Crippen molar-refractivity contribution in [3.63, 3.8) is 0 Å². The number of fused-ring (bicyclic) bond motifs is 1. The second-order valence-corrected chi connectivity index (χ2v) is 3.36. The Morgan fingerprint density at radius 2 is 2.20 bits per heavy atom. The molecule has 2 aromatic rings. The lowest BCUT2D eigenvalue weighted by atomic mass is 10.2. The van der Waals surface area contributed by atoms with Crippen molar-refractivity contribution in [2.45, 2.75) is 6.92 Å². The fourth-order valence-electron chi connectivity index (χ4n) is 1.63. The van der Waals surface area contributed by atoms with Gasteiger partial charge in [-0.25, -0.2) is 0 Å². The first-order chi connectivity index (χ1) is 7.13. The van der Waals surface area contributed by atoms with Gasteiger partial charge in [0.15, 0.2) is 0 Å². The quantitative estimate of drug-likeness (QED) is 0.721. The molecule has 4 nitrogen and oxygen atoms in total. The Morgan fingerprint density at radius 1 is 1.47 bits per heavy atom. The fourth-order valence-corrected chi connectivity index (χ4v) is 1.63. The van der Waals surface area contributed by atoms with Gasteiger partial charge in [0.2, 0.25) is 5.91 Å². The molecule has 0 saturated carbocycles. The van der Waals surface area contributed by atoms with Gasteiger partial charge in [0.05, 0.1) is 18.3 Å². The molecule has 0 saturated heterocycles. The van der Waals surface area contributed by atoms with Gasteiger partial charge in [0.25, 0.3) is 0 Å². The van der Waals surface area contributed by atoms with Crippen LogP contribution in [0.3, 0.4) is 0 Å². The molecule has 78 valence electrons. The van der Waals surface area contributed by atoms with Gasteiger partial charge < -0.3 is 10.5 Å². The number of carbonyl (C=O) groups is 1.